The van der Waals surface area contributed by atoms with Gasteiger partial charge >= 0.3 is 0 Å². The number of ether oxygens (including phenoxy) is 1. The highest BCUT2D eigenvalue weighted by molar-refractivity contribution is 6.05. The van der Waals surface area contributed by atoms with Gasteiger partial charge in [-0.2, -0.15) is 0 Å². The number of hydrogen-bond donors (Lipinski definition) is 1. The van der Waals surface area contributed by atoms with E-state index in [4.69, 9.17) is 4.74 Å². The summed E-state index contributed by atoms with van der Waals surface area (Å²) in [7, 11) is 1.61. The van der Waals surface area contributed by atoms with Crippen LogP contribution in [0.3, 0.4) is 0 Å². The Morgan fingerprint density at radius 2 is 2.20 bits per heavy atom. The maximum Gasteiger partial charge on any atom is 0.247 e. The van der Waals surface area contributed by atoms with Gasteiger partial charge in [-0.3, -0.25) is 9.59 Å². The number of benzene rings is 1. The predicted molar refractivity (Wildman–Crippen MR) is 77.5 cm³/mol. The smallest absolute Gasteiger partial charge is 0.247 e. The summed E-state index contributed by atoms with van der Waals surface area (Å²) in [5.74, 6) is 0.620. The van der Waals surface area contributed by atoms with E-state index in [0.29, 0.717) is 12.1 Å². The summed E-state index contributed by atoms with van der Waals surface area (Å²) in [6, 6.07) is 7.63. The molecule has 0 fully saturated rings. The van der Waals surface area contributed by atoms with E-state index >= 15 is 0 Å². The van der Waals surface area contributed by atoms with Crippen LogP contribution in [0.1, 0.15) is 31.7 Å². The molecule has 0 atom stereocenters. The molecular weight excluding hydrogens is 254 g/mol. The van der Waals surface area contributed by atoms with Crippen LogP contribution in [0.25, 0.3) is 5.57 Å². The number of rotatable bonds is 4. The lowest BCUT2D eigenvalue weighted by atomic mass is 9.93. The molecule has 1 N–H and O–H groups in total. The van der Waals surface area contributed by atoms with Crippen molar-refractivity contribution in [3.63, 3.8) is 0 Å². The molecule has 1 amide bonds. The quantitative estimate of drug-likeness (QED) is 0.916. The minimum atomic E-state index is -0.129. The summed E-state index contributed by atoms with van der Waals surface area (Å²) in [4.78, 5) is 23.6. The van der Waals surface area contributed by atoms with E-state index in [1.165, 1.54) is 6.92 Å². The molecule has 0 saturated carbocycles. The van der Waals surface area contributed by atoms with Crippen molar-refractivity contribution in [2.75, 3.05) is 13.7 Å². The van der Waals surface area contributed by atoms with Crippen molar-refractivity contribution in [1.82, 2.24) is 5.32 Å². The van der Waals surface area contributed by atoms with E-state index in [9.17, 15) is 9.59 Å². The van der Waals surface area contributed by atoms with Crippen LogP contribution in [-0.4, -0.2) is 25.3 Å². The summed E-state index contributed by atoms with van der Waals surface area (Å²) in [6.45, 7) is 2.15. The zero-order valence-corrected chi connectivity index (χ0v) is 11.9. The fourth-order valence-corrected chi connectivity index (χ4v) is 2.43. The highest BCUT2D eigenvalue weighted by atomic mass is 16.5. The number of hydrogen-bond acceptors (Lipinski definition) is 3. The molecule has 0 unspecified atom stereocenters. The summed E-state index contributed by atoms with van der Waals surface area (Å²) >= 11 is 0. The Kier molecular flexibility index (Phi) is 4.56. The number of amides is 1. The Morgan fingerprint density at radius 1 is 1.40 bits per heavy atom. The summed E-state index contributed by atoms with van der Waals surface area (Å²) in [6.07, 6.45) is 1.84. The van der Waals surface area contributed by atoms with Gasteiger partial charge in [0, 0.05) is 18.5 Å². The Hall–Kier alpha value is -2.10. The van der Waals surface area contributed by atoms with Crippen molar-refractivity contribution in [1.29, 1.82) is 0 Å². The number of allylic oxidation sites excluding steroid dienone is 1. The van der Waals surface area contributed by atoms with E-state index in [1.54, 1.807) is 7.11 Å². The standard InChI is InChI=1S/C16H19NO3/c1-11(18)9-15-14(7-4-8-17-16(15)19)12-5-3-6-13(10-12)20-2/h3,5-6,10H,4,7-9H2,1-2H3,(H,17,19). The van der Waals surface area contributed by atoms with Crippen molar-refractivity contribution >= 4 is 17.3 Å². The van der Waals surface area contributed by atoms with Crippen LogP contribution in [0, 0.1) is 0 Å². The van der Waals surface area contributed by atoms with Gasteiger partial charge < -0.3 is 10.1 Å². The van der Waals surface area contributed by atoms with Crippen LogP contribution in [0.5, 0.6) is 5.75 Å². The maximum atomic E-state index is 12.1. The summed E-state index contributed by atoms with van der Waals surface area (Å²) in [5, 5.41) is 2.85. The first-order valence-corrected chi connectivity index (χ1v) is 6.76. The van der Waals surface area contributed by atoms with Crippen LogP contribution >= 0.6 is 0 Å². The molecule has 1 aromatic carbocycles. The first-order valence-electron chi connectivity index (χ1n) is 6.76. The van der Waals surface area contributed by atoms with E-state index < -0.39 is 0 Å². The number of carbonyl (C=O) groups is 2. The summed E-state index contributed by atoms with van der Waals surface area (Å²) < 4.78 is 5.23. The van der Waals surface area contributed by atoms with Gasteiger partial charge in [0.2, 0.25) is 5.91 Å². The van der Waals surface area contributed by atoms with Crippen molar-refractivity contribution in [2.45, 2.75) is 26.2 Å². The molecule has 0 spiro atoms. The Balaban J connectivity index is 2.49. The Morgan fingerprint density at radius 3 is 2.90 bits per heavy atom. The molecule has 20 heavy (non-hydrogen) atoms. The zero-order valence-electron chi connectivity index (χ0n) is 11.9. The molecule has 0 saturated heterocycles. The highest BCUT2D eigenvalue weighted by Crippen LogP contribution is 2.29. The number of carbonyl (C=O) groups excluding carboxylic acids is 2. The van der Waals surface area contributed by atoms with Gasteiger partial charge in [-0.25, -0.2) is 0 Å². The monoisotopic (exact) mass is 273 g/mol. The van der Waals surface area contributed by atoms with Crippen LogP contribution < -0.4 is 10.1 Å². The van der Waals surface area contributed by atoms with Gasteiger partial charge in [-0.05, 0) is 43.0 Å². The largest absolute Gasteiger partial charge is 0.497 e. The molecule has 106 valence electrons. The second-order valence-electron chi connectivity index (χ2n) is 4.93. The number of ketones is 1. The lowest BCUT2D eigenvalue weighted by Crippen LogP contribution is -2.25. The van der Waals surface area contributed by atoms with E-state index in [1.807, 2.05) is 24.3 Å². The maximum absolute atomic E-state index is 12.1. The summed E-state index contributed by atoms with van der Waals surface area (Å²) in [5.41, 5.74) is 2.50. The van der Waals surface area contributed by atoms with Gasteiger partial charge in [0.05, 0.1) is 7.11 Å². The number of methoxy groups -OCH3 is 1. The Bertz CT molecular complexity index is 561. The van der Waals surface area contributed by atoms with Gasteiger partial charge in [-0.15, -0.1) is 0 Å². The number of Topliss-reactive ketones (excluding diaryl/α,β-unsaturated/α-hetero) is 1. The predicted octanol–water partition coefficient (Wildman–Crippen LogP) is 2.34. The van der Waals surface area contributed by atoms with E-state index in [2.05, 4.69) is 5.32 Å². The minimum Gasteiger partial charge on any atom is -0.497 e. The molecule has 1 aromatic rings. The van der Waals surface area contributed by atoms with Crippen molar-refractivity contribution < 1.29 is 14.3 Å². The average Bonchev–Trinajstić information content (AvgIpc) is 2.61. The fourth-order valence-electron chi connectivity index (χ4n) is 2.43. The van der Waals surface area contributed by atoms with Gasteiger partial charge in [0.1, 0.15) is 11.5 Å². The van der Waals surface area contributed by atoms with Crippen LogP contribution in [0.4, 0.5) is 0 Å². The van der Waals surface area contributed by atoms with Crippen molar-refractivity contribution in [3.05, 3.63) is 35.4 Å². The van der Waals surface area contributed by atoms with E-state index in [-0.39, 0.29) is 18.1 Å². The molecular formula is C16H19NO3. The minimum absolute atomic E-state index is 0.00236. The highest BCUT2D eigenvalue weighted by Gasteiger charge is 2.21. The second-order valence-corrected chi connectivity index (χ2v) is 4.93. The SMILES string of the molecule is COc1cccc(C2=C(CC(C)=O)C(=O)NCCC2)c1. The molecule has 1 aliphatic heterocycles. The Labute approximate surface area is 118 Å². The molecule has 0 bridgehead atoms. The topological polar surface area (TPSA) is 55.4 Å². The molecule has 4 heteroatoms. The van der Waals surface area contributed by atoms with Gasteiger partial charge in [0.25, 0.3) is 0 Å². The van der Waals surface area contributed by atoms with Gasteiger partial charge in [-0.1, -0.05) is 12.1 Å². The third-order valence-electron chi connectivity index (χ3n) is 3.37. The zero-order chi connectivity index (χ0) is 14.5. The second kappa shape index (κ2) is 6.37. The van der Waals surface area contributed by atoms with Crippen LogP contribution in [0.2, 0.25) is 0 Å². The lowest BCUT2D eigenvalue weighted by Gasteiger charge is -2.12. The lowest BCUT2D eigenvalue weighted by molar-refractivity contribution is -0.120. The van der Waals surface area contributed by atoms with E-state index in [0.717, 1.165) is 29.7 Å². The fraction of sp³-hybridized carbons (Fsp3) is 0.375. The number of nitrogens with one attached hydrogen (secondary N) is 1. The molecule has 0 aliphatic carbocycles. The average molecular weight is 273 g/mol. The molecule has 2 rings (SSSR count). The molecule has 0 radical (unpaired) electrons. The van der Waals surface area contributed by atoms with Gasteiger partial charge in [0.15, 0.2) is 0 Å². The molecule has 0 aromatic heterocycles. The molecule has 1 aliphatic rings. The third kappa shape index (κ3) is 3.26. The first-order chi connectivity index (χ1) is 9.61. The van der Waals surface area contributed by atoms with Crippen LogP contribution in [-0.2, 0) is 9.59 Å². The first kappa shape index (κ1) is 14.3. The van der Waals surface area contributed by atoms with Crippen molar-refractivity contribution in [3.8, 4) is 5.75 Å². The van der Waals surface area contributed by atoms with Crippen molar-refractivity contribution in [2.24, 2.45) is 0 Å². The molecule has 1 heterocycles. The van der Waals surface area contributed by atoms with Crippen LogP contribution in [0.15, 0.2) is 29.8 Å². The normalized spacial score (nSPS) is 15.6. The third-order valence-corrected chi connectivity index (χ3v) is 3.37. The molecule has 4 nitrogen and oxygen atoms in total.